The second-order valence-corrected chi connectivity index (χ2v) is 6.63. The van der Waals surface area contributed by atoms with E-state index in [1.165, 1.54) is 17.7 Å². The topological polar surface area (TPSA) is 141 Å². The normalized spacial score (nSPS) is 10.8. The Bertz CT molecular complexity index is 1170. The number of aryl methyl sites for hydroxylation is 1. The van der Waals surface area contributed by atoms with E-state index in [1.807, 2.05) is 12.1 Å². The zero-order valence-corrected chi connectivity index (χ0v) is 15.5. The highest BCUT2D eigenvalue weighted by molar-refractivity contribution is 7.22. The number of nitrogens with one attached hydrogen (secondary N) is 2. The van der Waals surface area contributed by atoms with E-state index in [2.05, 4.69) is 30.7 Å². The minimum atomic E-state index is -0.575. The number of aromatic nitrogens is 4. The van der Waals surface area contributed by atoms with Crippen molar-refractivity contribution in [2.24, 2.45) is 0 Å². The lowest BCUT2D eigenvalue weighted by Gasteiger charge is -2.06. The first-order chi connectivity index (χ1) is 13.5. The highest BCUT2D eigenvalue weighted by Crippen LogP contribution is 2.35. The number of rotatable bonds is 6. The first kappa shape index (κ1) is 17.6. The van der Waals surface area contributed by atoms with E-state index in [0.717, 1.165) is 10.2 Å². The summed E-state index contributed by atoms with van der Waals surface area (Å²) in [6.07, 6.45) is 1.21. The molecule has 3 heterocycles. The summed E-state index contributed by atoms with van der Waals surface area (Å²) < 4.78 is 11.0. The van der Waals surface area contributed by atoms with Crippen molar-refractivity contribution in [1.82, 2.24) is 20.1 Å². The minimum Gasteiger partial charge on any atom is -0.497 e. The van der Waals surface area contributed by atoms with Crippen LogP contribution < -0.4 is 15.4 Å². The number of ether oxygens (including phenoxy) is 1. The van der Waals surface area contributed by atoms with Crippen LogP contribution in [0.3, 0.4) is 0 Å². The largest absolute Gasteiger partial charge is 0.497 e. The summed E-state index contributed by atoms with van der Waals surface area (Å²) >= 11 is 1.32. The van der Waals surface area contributed by atoms with Gasteiger partial charge in [-0.05, 0) is 25.1 Å². The van der Waals surface area contributed by atoms with Crippen LogP contribution in [0, 0.1) is 17.0 Å². The molecule has 1 aromatic carbocycles. The molecule has 4 aromatic rings. The summed E-state index contributed by atoms with van der Waals surface area (Å²) in [6.45, 7) is 1.71. The van der Waals surface area contributed by atoms with Gasteiger partial charge in [0.05, 0.1) is 22.2 Å². The molecule has 0 aliphatic rings. The van der Waals surface area contributed by atoms with E-state index in [-0.39, 0.29) is 17.3 Å². The van der Waals surface area contributed by atoms with Gasteiger partial charge in [0.1, 0.15) is 17.8 Å². The third-order valence-corrected chi connectivity index (χ3v) is 4.63. The lowest BCUT2D eigenvalue weighted by molar-refractivity contribution is -0.383. The average Bonchev–Trinajstić information content (AvgIpc) is 3.26. The van der Waals surface area contributed by atoms with Gasteiger partial charge < -0.3 is 19.9 Å². The summed E-state index contributed by atoms with van der Waals surface area (Å²) in [4.78, 5) is 23.5. The van der Waals surface area contributed by atoms with Crippen molar-refractivity contribution in [3.8, 4) is 5.75 Å². The van der Waals surface area contributed by atoms with Gasteiger partial charge in [-0.25, -0.2) is 15.0 Å². The number of nitrogens with zero attached hydrogens (tertiary/aromatic N) is 5. The first-order valence-electron chi connectivity index (χ1n) is 7.95. The molecule has 0 fully saturated rings. The molecule has 3 aromatic heterocycles. The molecule has 0 radical (unpaired) electrons. The Balaban J connectivity index is 1.69. The first-order valence-corrected chi connectivity index (χ1v) is 8.76. The minimum absolute atomic E-state index is 0.00809. The van der Waals surface area contributed by atoms with Crippen molar-refractivity contribution in [2.45, 2.75) is 6.92 Å². The Labute approximate surface area is 161 Å². The van der Waals surface area contributed by atoms with E-state index in [9.17, 15) is 10.1 Å². The van der Waals surface area contributed by atoms with Gasteiger partial charge >= 0.3 is 5.69 Å². The van der Waals surface area contributed by atoms with Gasteiger partial charge in [-0.1, -0.05) is 16.5 Å². The van der Waals surface area contributed by atoms with Crippen molar-refractivity contribution in [3.63, 3.8) is 0 Å². The fraction of sp³-hybridized carbons (Fsp3) is 0.125. The van der Waals surface area contributed by atoms with E-state index in [1.54, 1.807) is 26.2 Å². The maximum absolute atomic E-state index is 11.7. The van der Waals surface area contributed by atoms with Gasteiger partial charge in [0.2, 0.25) is 11.6 Å². The van der Waals surface area contributed by atoms with Crippen LogP contribution in [0.15, 0.2) is 35.1 Å². The second kappa shape index (κ2) is 7.08. The van der Waals surface area contributed by atoms with Crippen molar-refractivity contribution in [2.75, 3.05) is 17.7 Å². The van der Waals surface area contributed by atoms with E-state index >= 15 is 0 Å². The monoisotopic (exact) mass is 399 g/mol. The van der Waals surface area contributed by atoms with Crippen LogP contribution in [0.5, 0.6) is 5.75 Å². The van der Waals surface area contributed by atoms with Crippen molar-refractivity contribution in [1.29, 1.82) is 0 Å². The van der Waals surface area contributed by atoms with Crippen LogP contribution in [0.4, 0.5) is 28.3 Å². The van der Waals surface area contributed by atoms with Crippen LogP contribution in [0.25, 0.3) is 10.2 Å². The predicted octanol–water partition coefficient (Wildman–Crippen LogP) is 3.79. The molecule has 2 N–H and O–H groups in total. The van der Waals surface area contributed by atoms with Gasteiger partial charge in [0.15, 0.2) is 10.9 Å². The van der Waals surface area contributed by atoms with Crippen LogP contribution in [0.1, 0.15) is 5.76 Å². The molecule has 0 saturated carbocycles. The molecule has 0 spiro atoms. The molecular formula is C16H13N7O4S. The number of methoxy groups -OCH3 is 1. The Hall–Kier alpha value is -3.80. The molecule has 142 valence electrons. The Morgan fingerprint density at radius 2 is 2.00 bits per heavy atom. The molecule has 0 saturated heterocycles. The standard InChI is InChI=1S/C16H13N7O4S/c1-8-5-12(22-27-8)20-14-13(23(24)25)15(18-7-17-14)21-16-19-10-4-3-9(26-2)6-11(10)28-16/h3-7H,1-2H3,(H2,17,18,19,20,21,22). The van der Waals surface area contributed by atoms with E-state index < -0.39 is 4.92 Å². The van der Waals surface area contributed by atoms with Gasteiger partial charge in [-0.2, -0.15) is 0 Å². The van der Waals surface area contributed by atoms with Crippen molar-refractivity contribution >= 4 is 49.8 Å². The lowest BCUT2D eigenvalue weighted by Crippen LogP contribution is -2.05. The number of nitro groups is 1. The number of hydrogen-bond acceptors (Lipinski definition) is 11. The quantitative estimate of drug-likeness (QED) is 0.363. The summed E-state index contributed by atoms with van der Waals surface area (Å²) in [5.74, 6) is 1.55. The summed E-state index contributed by atoms with van der Waals surface area (Å²) in [5.41, 5.74) is 0.404. The zero-order chi connectivity index (χ0) is 19.7. The van der Waals surface area contributed by atoms with E-state index in [4.69, 9.17) is 9.26 Å². The SMILES string of the molecule is COc1ccc2nc(Nc3ncnc(Nc4cc(C)on4)c3[N+](=O)[O-])sc2c1. The Morgan fingerprint density at radius 1 is 1.21 bits per heavy atom. The van der Waals surface area contributed by atoms with Gasteiger partial charge in [0, 0.05) is 6.07 Å². The summed E-state index contributed by atoms with van der Waals surface area (Å²) in [7, 11) is 1.58. The molecule has 12 heteroatoms. The highest BCUT2D eigenvalue weighted by atomic mass is 32.1. The molecule has 4 rings (SSSR count). The number of benzene rings is 1. The fourth-order valence-electron chi connectivity index (χ4n) is 2.47. The van der Waals surface area contributed by atoms with E-state index in [0.29, 0.717) is 22.5 Å². The number of anilines is 4. The zero-order valence-electron chi connectivity index (χ0n) is 14.7. The Morgan fingerprint density at radius 3 is 2.68 bits per heavy atom. The number of thiazole rings is 1. The third kappa shape index (κ3) is 3.40. The van der Waals surface area contributed by atoms with Gasteiger partial charge in [0.25, 0.3) is 0 Å². The molecular weight excluding hydrogens is 386 g/mol. The fourth-order valence-corrected chi connectivity index (χ4v) is 3.36. The van der Waals surface area contributed by atoms with Gasteiger partial charge in [-0.15, -0.1) is 0 Å². The average molecular weight is 399 g/mol. The molecule has 28 heavy (non-hydrogen) atoms. The van der Waals surface area contributed by atoms with Crippen LogP contribution in [-0.4, -0.2) is 32.1 Å². The molecule has 0 amide bonds. The van der Waals surface area contributed by atoms with Crippen LogP contribution in [0.2, 0.25) is 0 Å². The molecule has 0 aliphatic heterocycles. The molecule has 0 unspecified atom stereocenters. The molecule has 11 nitrogen and oxygen atoms in total. The maximum Gasteiger partial charge on any atom is 0.354 e. The number of fused-ring (bicyclic) bond motifs is 1. The molecule has 0 aliphatic carbocycles. The van der Waals surface area contributed by atoms with Crippen molar-refractivity contribution < 1.29 is 14.2 Å². The highest BCUT2D eigenvalue weighted by Gasteiger charge is 2.24. The summed E-state index contributed by atoms with van der Waals surface area (Å²) in [5, 5.41) is 21.5. The third-order valence-electron chi connectivity index (χ3n) is 3.70. The predicted molar refractivity (Wildman–Crippen MR) is 103 cm³/mol. The maximum atomic E-state index is 11.7. The smallest absolute Gasteiger partial charge is 0.354 e. The molecule has 0 bridgehead atoms. The van der Waals surface area contributed by atoms with Crippen molar-refractivity contribution in [3.05, 3.63) is 46.5 Å². The second-order valence-electron chi connectivity index (χ2n) is 5.60. The summed E-state index contributed by atoms with van der Waals surface area (Å²) in [6, 6.07) is 7.04. The molecule has 0 atom stereocenters. The van der Waals surface area contributed by atoms with Gasteiger partial charge in [-0.3, -0.25) is 10.1 Å². The Kier molecular flexibility index (Phi) is 4.45. The number of hydrogen-bond donors (Lipinski definition) is 2. The van der Waals surface area contributed by atoms with Crippen LogP contribution >= 0.6 is 11.3 Å². The van der Waals surface area contributed by atoms with Crippen LogP contribution in [-0.2, 0) is 0 Å². The lowest BCUT2D eigenvalue weighted by atomic mass is 10.3.